The van der Waals surface area contributed by atoms with Crippen molar-refractivity contribution in [2.45, 2.75) is 0 Å². The summed E-state index contributed by atoms with van der Waals surface area (Å²) in [6.07, 6.45) is 1.26. The highest BCUT2D eigenvalue weighted by Crippen LogP contribution is 1.98. The van der Waals surface area contributed by atoms with Crippen molar-refractivity contribution in [1.82, 2.24) is 9.78 Å². The summed E-state index contributed by atoms with van der Waals surface area (Å²) in [5, 5.41) is 5.30. The van der Waals surface area contributed by atoms with Crippen molar-refractivity contribution in [3.63, 3.8) is 0 Å². The van der Waals surface area contributed by atoms with E-state index < -0.39 is 5.56 Å². The number of aromatic nitrogens is 2. The molecular formula is C4H5N5OS. The molecule has 1 aromatic rings. The molecular weight excluding hydrogens is 166 g/mol. The SMILES string of the molecule is N=Nc1c[nH]n(C(N)=S)c1=O. The molecule has 0 aliphatic rings. The van der Waals surface area contributed by atoms with E-state index in [2.05, 4.69) is 22.4 Å². The van der Waals surface area contributed by atoms with Gasteiger partial charge in [0, 0.05) is 0 Å². The number of rotatable bonds is 1. The maximum Gasteiger partial charge on any atom is 0.301 e. The number of H-pyrrole nitrogens is 1. The normalized spacial score (nSPS) is 9.45. The van der Waals surface area contributed by atoms with E-state index in [0.29, 0.717) is 0 Å². The van der Waals surface area contributed by atoms with Gasteiger partial charge in [-0.15, -0.1) is 0 Å². The molecule has 0 fully saturated rings. The number of hydrogen-bond acceptors (Lipinski definition) is 4. The van der Waals surface area contributed by atoms with Gasteiger partial charge in [-0.3, -0.25) is 9.89 Å². The Labute approximate surface area is 66.5 Å². The molecule has 7 heteroatoms. The Morgan fingerprint density at radius 2 is 2.55 bits per heavy atom. The van der Waals surface area contributed by atoms with Gasteiger partial charge in [-0.1, -0.05) is 0 Å². The molecule has 0 aromatic carbocycles. The summed E-state index contributed by atoms with van der Waals surface area (Å²) in [4.78, 5) is 11.0. The molecule has 0 unspecified atom stereocenters. The third-order valence-corrected chi connectivity index (χ3v) is 1.28. The molecule has 4 N–H and O–H groups in total. The van der Waals surface area contributed by atoms with Gasteiger partial charge in [-0.2, -0.15) is 9.80 Å². The minimum Gasteiger partial charge on any atom is -0.374 e. The van der Waals surface area contributed by atoms with Crippen LogP contribution in [0.4, 0.5) is 5.69 Å². The first-order chi connectivity index (χ1) is 5.16. The average molecular weight is 171 g/mol. The Morgan fingerprint density at radius 3 is 2.82 bits per heavy atom. The second-order valence-electron chi connectivity index (χ2n) is 1.75. The highest BCUT2D eigenvalue weighted by atomic mass is 32.1. The molecule has 0 radical (unpaired) electrons. The molecule has 11 heavy (non-hydrogen) atoms. The smallest absolute Gasteiger partial charge is 0.301 e. The molecule has 0 spiro atoms. The lowest BCUT2D eigenvalue weighted by molar-refractivity contribution is 0.906. The van der Waals surface area contributed by atoms with Gasteiger partial charge >= 0.3 is 5.56 Å². The summed E-state index contributed by atoms with van der Waals surface area (Å²) >= 11 is 4.52. The molecule has 0 aliphatic heterocycles. The zero-order valence-electron chi connectivity index (χ0n) is 5.37. The molecule has 1 aromatic heterocycles. The summed E-state index contributed by atoms with van der Waals surface area (Å²) < 4.78 is 0.933. The van der Waals surface area contributed by atoms with Gasteiger partial charge in [0.1, 0.15) is 0 Å². The van der Waals surface area contributed by atoms with E-state index in [1.807, 2.05) is 0 Å². The Balaban J connectivity index is 3.32. The van der Waals surface area contributed by atoms with Crippen LogP contribution in [0.25, 0.3) is 0 Å². The van der Waals surface area contributed by atoms with Gasteiger partial charge in [-0.25, -0.2) is 5.53 Å². The van der Waals surface area contributed by atoms with E-state index >= 15 is 0 Å². The second-order valence-corrected chi connectivity index (χ2v) is 2.17. The zero-order chi connectivity index (χ0) is 8.43. The first kappa shape index (κ1) is 7.61. The highest BCUT2D eigenvalue weighted by molar-refractivity contribution is 7.80. The monoisotopic (exact) mass is 171 g/mol. The van der Waals surface area contributed by atoms with Crippen LogP contribution >= 0.6 is 12.2 Å². The number of thiocarbonyl (C=S) groups is 1. The van der Waals surface area contributed by atoms with Crippen LogP contribution in [0.1, 0.15) is 0 Å². The van der Waals surface area contributed by atoms with Gasteiger partial charge in [0.25, 0.3) is 0 Å². The van der Waals surface area contributed by atoms with Gasteiger partial charge in [0.15, 0.2) is 10.8 Å². The first-order valence-corrected chi connectivity index (χ1v) is 3.05. The molecule has 1 rings (SSSR count). The van der Waals surface area contributed by atoms with Gasteiger partial charge in [-0.05, 0) is 12.2 Å². The Morgan fingerprint density at radius 1 is 1.91 bits per heavy atom. The Hall–Kier alpha value is -1.50. The van der Waals surface area contributed by atoms with Crippen molar-refractivity contribution >= 4 is 23.0 Å². The molecule has 0 saturated carbocycles. The number of aromatic amines is 1. The van der Waals surface area contributed by atoms with Crippen molar-refractivity contribution in [2.24, 2.45) is 10.8 Å². The van der Waals surface area contributed by atoms with E-state index in [1.165, 1.54) is 6.20 Å². The average Bonchev–Trinajstić information content (AvgIpc) is 2.30. The minimum atomic E-state index is -0.507. The van der Waals surface area contributed by atoms with Crippen LogP contribution in [-0.2, 0) is 0 Å². The van der Waals surface area contributed by atoms with Gasteiger partial charge in [0.05, 0.1) is 6.20 Å². The first-order valence-electron chi connectivity index (χ1n) is 2.64. The van der Waals surface area contributed by atoms with E-state index in [4.69, 9.17) is 11.3 Å². The van der Waals surface area contributed by atoms with Crippen LogP contribution in [0.2, 0.25) is 0 Å². The van der Waals surface area contributed by atoms with Crippen molar-refractivity contribution < 1.29 is 0 Å². The molecule has 0 saturated heterocycles. The van der Waals surface area contributed by atoms with Crippen molar-refractivity contribution in [3.8, 4) is 0 Å². The molecule has 0 amide bonds. The van der Waals surface area contributed by atoms with Crippen LogP contribution in [0.5, 0.6) is 0 Å². The van der Waals surface area contributed by atoms with Crippen LogP contribution in [0.15, 0.2) is 16.1 Å². The lowest BCUT2D eigenvalue weighted by Gasteiger charge is -1.92. The zero-order valence-corrected chi connectivity index (χ0v) is 6.18. The minimum absolute atomic E-state index is 0.0159. The van der Waals surface area contributed by atoms with Crippen LogP contribution in [-0.4, -0.2) is 14.9 Å². The number of nitrogens with one attached hydrogen (secondary N) is 2. The fourth-order valence-electron chi connectivity index (χ4n) is 0.604. The molecule has 0 aliphatic carbocycles. The number of nitrogens with zero attached hydrogens (tertiary/aromatic N) is 2. The van der Waals surface area contributed by atoms with Crippen LogP contribution in [0, 0.1) is 5.53 Å². The fraction of sp³-hybridized carbons (Fsp3) is 0. The van der Waals surface area contributed by atoms with Gasteiger partial charge < -0.3 is 5.73 Å². The predicted octanol–water partition coefficient (Wildman–Crippen LogP) is -0.0694. The molecule has 58 valence electrons. The standard InChI is InChI=1S/C4H5N5OS/c5-4(11)9-3(10)2(8-6)1-7-9/h1,6-7H,(H2,5,11). The van der Waals surface area contributed by atoms with Crippen LogP contribution < -0.4 is 11.3 Å². The maximum atomic E-state index is 11.0. The molecule has 1 heterocycles. The predicted molar refractivity (Wildman–Crippen MR) is 42.0 cm³/mol. The fourth-order valence-corrected chi connectivity index (χ4v) is 0.740. The Bertz CT molecular complexity index is 350. The lowest BCUT2D eigenvalue weighted by atomic mass is 10.6. The summed E-state index contributed by atoms with van der Waals surface area (Å²) in [6.45, 7) is 0. The van der Waals surface area contributed by atoms with Gasteiger partial charge in [0.2, 0.25) is 0 Å². The van der Waals surface area contributed by atoms with E-state index in [9.17, 15) is 4.79 Å². The highest BCUT2D eigenvalue weighted by Gasteiger charge is 2.05. The van der Waals surface area contributed by atoms with E-state index in [0.717, 1.165) is 4.68 Å². The summed E-state index contributed by atoms with van der Waals surface area (Å²) in [5.74, 6) is 0. The van der Waals surface area contributed by atoms with Crippen LogP contribution in [0.3, 0.4) is 0 Å². The number of nitrogens with two attached hydrogens (primary N) is 1. The van der Waals surface area contributed by atoms with E-state index in [1.54, 1.807) is 0 Å². The summed E-state index contributed by atoms with van der Waals surface area (Å²) in [6, 6.07) is 0. The third-order valence-electron chi connectivity index (χ3n) is 1.09. The summed E-state index contributed by atoms with van der Waals surface area (Å²) in [7, 11) is 0. The quantitative estimate of drug-likeness (QED) is 0.407. The Kier molecular flexibility index (Phi) is 1.81. The van der Waals surface area contributed by atoms with Crippen molar-refractivity contribution in [1.29, 1.82) is 5.53 Å². The van der Waals surface area contributed by atoms with E-state index in [-0.39, 0.29) is 10.8 Å². The molecule has 0 atom stereocenters. The maximum absolute atomic E-state index is 11.0. The third kappa shape index (κ3) is 1.17. The lowest BCUT2D eigenvalue weighted by Crippen LogP contribution is -2.29. The molecule has 0 bridgehead atoms. The topological polar surface area (TPSA) is 100 Å². The molecule has 6 nitrogen and oxygen atoms in total. The summed E-state index contributed by atoms with van der Waals surface area (Å²) in [5.41, 5.74) is 11.2. The second kappa shape index (κ2) is 2.62. The largest absolute Gasteiger partial charge is 0.374 e. The number of hydrogen-bond donors (Lipinski definition) is 3. The van der Waals surface area contributed by atoms with Crippen molar-refractivity contribution in [2.75, 3.05) is 0 Å². The van der Waals surface area contributed by atoms with Crippen molar-refractivity contribution in [3.05, 3.63) is 16.6 Å².